The Morgan fingerprint density at radius 2 is 1.37 bits per heavy atom. The van der Waals surface area contributed by atoms with Crippen molar-refractivity contribution in [1.82, 2.24) is 0 Å². The first-order valence-corrected chi connectivity index (χ1v) is 15.0. The van der Waals surface area contributed by atoms with Crippen LogP contribution in [0.25, 0.3) is 6.08 Å². The van der Waals surface area contributed by atoms with Gasteiger partial charge in [-0.05, 0) is 91.9 Å². The number of hydrogen-bond donors (Lipinski definition) is 0. The standard InChI is InChI=1S/C34H45F3O/c1-3-4-5-6-7-22-38-29-19-18-28(32(35)23-29)17-12-25-10-15-27(16-11-25)31-21-20-30(33(36)34(31)37)26-13-8-24(2)9-14-26/h12,17-21,23-27H,3-11,13-16,22H2,1-2H3/b17-12+. The van der Waals surface area contributed by atoms with E-state index < -0.39 is 11.6 Å². The summed E-state index contributed by atoms with van der Waals surface area (Å²) in [6, 6.07) is 8.77. The SMILES string of the molecule is CCCCCCCOc1ccc(/C=C/C2CCC(c3ccc(C4CCC(C)CC4)c(F)c3F)CC2)c(F)c1. The zero-order valence-electron chi connectivity index (χ0n) is 23.3. The van der Waals surface area contributed by atoms with Crippen LogP contribution in [0.4, 0.5) is 13.2 Å². The topological polar surface area (TPSA) is 9.23 Å². The van der Waals surface area contributed by atoms with E-state index in [4.69, 9.17) is 4.74 Å². The van der Waals surface area contributed by atoms with Crippen molar-refractivity contribution in [1.29, 1.82) is 0 Å². The van der Waals surface area contributed by atoms with Crippen molar-refractivity contribution in [2.75, 3.05) is 6.61 Å². The largest absolute Gasteiger partial charge is 0.493 e. The number of unbranched alkanes of at least 4 members (excludes halogenated alkanes) is 4. The third-order valence-corrected chi connectivity index (χ3v) is 8.85. The van der Waals surface area contributed by atoms with Crippen LogP contribution in [0, 0.1) is 29.3 Å². The molecule has 0 unspecified atom stereocenters. The van der Waals surface area contributed by atoms with Gasteiger partial charge in [-0.1, -0.05) is 76.7 Å². The Balaban J connectivity index is 1.27. The number of allylic oxidation sites excluding steroid dienone is 1. The molecule has 0 N–H and O–H groups in total. The van der Waals surface area contributed by atoms with Crippen molar-refractivity contribution in [2.45, 2.75) is 109 Å². The Kier molecular flexibility index (Phi) is 10.8. The van der Waals surface area contributed by atoms with Crippen molar-refractivity contribution in [3.8, 4) is 5.75 Å². The summed E-state index contributed by atoms with van der Waals surface area (Å²) in [6.45, 7) is 5.05. The fourth-order valence-corrected chi connectivity index (χ4v) is 6.27. The Morgan fingerprint density at radius 3 is 1.97 bits per heavy atom. The number of ether oxygens (including phenoxy) is 1. The van der Waals surface area contributed by atoms with Gasteiger partial charge in [0.05, 0.1) is 6.61 Å². The summed E-state index contributed by atoms with van der Waals surface area (Å²) in [4.78, 5) is 0. The lowest BCUT2D eigenvalue weighted by Crippen LogP contribution is -2.16. The molecule has 208 valence electrons. The molecule has 0 spiro atoms. The highest BCUT2D eigenvalue weighted by Gasteiger charge is 2.28. The number of halogens is 3. The molecule has 38 heavy (non-hydrogen) atoms. The normalized spacial score (nSPS) is 24.1. The Labute approximate surface area is 227 Å². The van der Waals surface area contributed by atoms with Crippen molar-refractivity contribution in [3.63, 3.8) is 0 Å². The highest BCUT2D eigenvalue weighted by molar-refractivity contribution is 5.52. The van der Waals surface area contributed by atoms with E-state index in [0.717, 1.165) is 64.2 Å². The summed E-state index contributed by atoms with van der Waals surface area (Å²) >= 11 is 0. The average Bonchev–Trinajstić information content (AvgIpc) is 2.93. The van der Waals surface area contributed by atoms with Crippen LogP contribution in [-0.2, 0) is 0 Å². The predicted octanol–water partition coefficient (Wildman–Crippen LogP) is 10.7. The van der Waals surface area contributed by atoms with Gasteiger partial charge in [0, 0.05) is 11.6 Å². The molecule has 2 saturated carbocycles. The van der Waals surface area contributed by atoms with Crippen LogP contribution in [-0.4, -0.2) is 6.61 Å². The Bertz CT molecular complexity index is 1050. The van der Waals surface area contributed by atoms with Gasteiger partial charge in [-0.25, -0.2) is 13.2 Å². The van der Waals surface area contributed by atoms with Crippen LogP contribution in [0.3, 0.4) is 0 Å². The zero-order chi connectivity index (χ0) is 26.9. The maximum Gasteiger partial charge on any atom is 0.162 e. The second-order valence-electron chi connectivity index (χ2n) is 11.7. The molecule has 0 aromatic heterocycles. The second kappa shape index (κ2) is 14.2. The van der Waals surface area contributed by atoms with E-state index in [1.165, 1.54) is 25.3 Å². The zero-order valence-corrected chi connectivity index (χ0v) is 23.3. The molecule has 2 fully saturated rings. The molecule has 0 amide bonds. The minimum absolute atomic E-state index is 0.0460. The van der Waals surface area contributed by atoms with Gasteiger partial charge in [-0.15, -0.1) is 0 Å². The summed E-state index contributed by atoms with van der Waals surface area (Å²) in [5.41, 5.74) is 1.66. The molecule has 0 saturated heterocycles. The molecule has 2 aliphatic carbocycles. The van der Waals surface area contributed by atoms with Gasteiger partial charge in [0.25, 0.3) is 0 Å². The summed E-state index contributed by atoms with van der Waals surface area (Å²) in [7, 11) is 0. The van der Waals surface area contributed by atoms with E-state index in [1.807, 2.05) is 24.3 Å². The lowest BCUT2D eigenvalue weighted by Gasteiger charge is -2.29. The van der Waals surface area contributed by atoms with Crippen molar-refractivity contribution >= 4 is 6.08 Å². The van der Waals surface area contributed by atoms with E-state index in [-0.39, 0.29) is 17.7 Å². The lowest BCUT2D eigenvalue weighted by molar-refractivity contribution is 0.303. The van der Waals surface area contributed by atoms with Crippen molar-refractivity contribution < 1.29 is 17.9 Å². The van der Waals surface area contributed by atoms with Crippen molar-refractivity contribution in [3.05, 3.63) is 70.5 Å². The van der Waals surface area contributed by atoms with Crippen LogP contribution in [0.2, 0.25) is 0 Å². The molecule has 0 aliphatic heterocycles. The molecular weight excluding hydrogens is 481 g/mol. The van der Waals surface area contributed by atoms with Gasteiger partial charge in [0.15, 0.2) is 11.6 Å². The molecule has 2 aromatic carbocycles. The van der Waals surface area contributed by atoms with Crippen LogP contribution in [0.1, 0.15) is 126 Å². The summed E-state index contributed by atoms with van der Waals surface area (Å²) < 4.78 is 50.5. The van der Waals surface area contributed by atoms with Crippen LogP contribution in [0.15, 0.2) is 36.4 Å². The Hall–Kier alpha value is -2.23. The van der Waals surface area contributed by atoms with Gasteiger partial charge >= 0.3 is 0 Å². The number of hydrogen-bond acceptors (Lipinski definition) is 1. The second-order valence-corrected chi connectivity index (χ2v) is 11.7. The Morgan fingerprint density at radius 1 is 0.763 bits per heavy atom. The molecule has 2 aromatic rings. The maximum atomic E-state index is 15.1. The quantitative estimate of drug-likeness (QED) is 0.265. The first-order chi connectivity index (χ1) is 18.5. The molecule has 4 rings (SSSR count). The third-order valence-electron chi connectivity index (χ3n) is 8.85. The van der Waals surface area contributed by atoms with Gasteiger partial charge < -0.3 is 4.74 Å². The summed E-state index contributed by atoms with van der Waals surface area (Å²) in [6.07, 6.45) is 17.3. The number of rotatable bonds is 11. The molecule has 0 atom stereocenters. The lowest BCUT2D eigenvalue weighted by atomic mass is 9.76. The van der Waals surface area contributed by atoms with E-state index in [2.05, 4.69) is 19.9 Å². The highest BCUT2D eigenvalue weighted by atomic mass is 19.2. The minimum Gasteiger partial charge on any atom is -0.493 e. The monoisotopic (exact) mass is 526 g/mol. The first-order valence-electron chi connectivity index (χ1n) is 15.0. The van der Waals surface area contributed by atoms with E-state index in [9.17, 15) is 4.39 Å². The average molecular weight is 527 g/mol. The van der Waals surface area contributed by atoms with Gasteiger partial charge in [-0.2, -0.15) is 0 Å². The molecule has 1 nitrogen and oxygen atoms in total. The predicted molar refractivity (Wildman–Crippen MR) is 151 cm³/mol. The van der Waals surface area contributed by atoms with Gasteiger partial charge in [0.1, 0.15) is 11.6 Å². The van der Waals surface area contributed by atoms with E-state index in [0.29, 0.717) is 40.9 Å². The smallest absolute Gasteiger partial charge is 0.162 e. The molecule has 0 heterocycles. The van der Waals surface area contributed by atoms with Crippen molar-refractivity contribution in [2.24, 2.45) is 11.8 Å². The summed E-state index contributed by atoms with van der Waals surface area (Å²) in [5.74, 6) is 0.242. The van der Waals surface area contributed by atoms with E-state index >= 15 is 8.78 Å². The van der Waals surface area contributed by atoms with Crippen LogP contribution in [0.5, 0.6) is 5.75 Å². The third kappa shape index (κ3) is 7.67. The van der Waals surface area contributed by atoms with Gasteiger partial charge in [-0.3, -0.25) is 0 Å². The fraction of sp³-hybridized carbons (Fsp3) is 0.588. The van der Waals surface area contributed by atoms with Crippen LogP contribution < -0.4 is 4.74 Å². The summed E-state index contributed by atoms with van der Waals surface area (Å²) in [5, 5.41) is 0. The first kappa shape index (κ1) is 28.8. The maximum absolute atomic E-state index is 15.1. The molecule has 0 bridgehead atoms. The minimum atomic E-state index is -0.634. The molecule has 0 radical (unpaired) electrons. The number of benzene rings is 2. The molecular formula is C34H45F3O. The van der Waals surface area contributed by atoms with E-state index in [1.54, 1.807) is 6.07 Å². The molecule has 4 heteroatoms. The van der Waals surface area contributed by atoms with Gasteiger partial charge in [0.2, 0.25) is 0 Å². The highest BCUT2D eigenvalue weighted by Crippen LogP contribution is 2.41. The fourth-order valence-electron chi connectivity index (χ4n) is 6.27. The van der Waals surface area contributed by atoms with Crippen LogP contribution >= 0.6 is 0 Å². The molecule has 2 aliphatic rings.